The Morgan fingerprint density at radius 2 is 1.71 bits per heavy atom. The van der Waals surface area contributed by atoms with Gasteiger partial charge in [0.1, 0.15) is 0 Å². The highest BCUT2D eigenvalue weighted by Gasteiger charge is 2.26. The van der Waals surface area contributed by atoms with E-state index >= 15 is 0 Å². The minimum Gasteiger partial charge on any atom is -0.378 e. The highest BCUT2D eigenvalue weighted by molar-refractivity contribution is 4.83. The summed E-state index contributed by atoms with van der Waals surface area (Å²) in [6, 6.07) is 1.51. The molecule has 2 heteroatoms. The third-order valence-electron chi connectivity index (χ3n) is 4.72. The van der Waals surface area contributed by atoms with Crippen molar-refractivity contribution in [3.8, 4) is 0 Å². The fraction of sp³-hybridized carbons (Fsp3) is 1.00. The summed E-state index contributed by atoms with van der Waals surface area (Å²) in [5, 5.41) is 3.89. The molecule has 1 N–H and O–H groups in total. The van der Waals surface area contributed by atoms with Crippen molar-refractivity contribution in [3.05, 3.63) is 0 Å². The molecule has 2 fully saturated rings. The topological polar surface area (TPSA) is 21.3 Å². The van der Waals surface area contributed by atoms with Crippen LogP contribution < -0.4 is 5.32 Å². The van der Waals surface area contributed by atoms with Crippen molar-refractivity contribution in [2.24, 2.45) is 5.92 Å². The van der Waals surface area contributed by atoms with Gasteiger partial charge in [-0.2, -0.15) is 0 Å². The molecule has 1 heterocycles. The minimum atomic E-state index is 0.508. The van der Waals surface area contributed by atoms with Crippen molar-refractivity contribution < 1.29 is 4.74 Å². The Hall–Kier alpha value is -0.0800. The molecule has 100 valence electrons. The monoisotopic (exact) mass is 239 g/mol. The van der Waals surface area contributed by atoms with Gasteiger partial charge in [0, 0.05) is 18.7 Å². The second-order valence-electron chi connectivity index (χ2n) is 5.91. The van der Waals surface area contributed by atoms with E-state index in [1.54, 1.807) is 0 Å². The molecule has 0 aromatic heterocycles. The Kier molecular flexibility index (Phi) is 5.30. The lowest BCUT2D eigenvalue weighted by Crippen LogP contribution is -2.45. The van der Waals surface area contributed by atoms with Gasteiger partial charge in [0.25, 0.3) is 0 Å². The second-order valence-corrected chi connectivity index (χ2v) is 5.91. The molecular weight excluding hydrogens is 210 g/mol. The standard InChI is InChI=1S/C15H29NO/c1-3-12-5-7-13(8-6-12)16-14-9-10-17-15(4-2)11-14/h12-16H,3-11H2,1-2H3. The smallest absolute Gasteiger partial charge is 0.0587 e. The van der Waals surface area contributed by atoms with Crippen molar-refractivity contribution in [3.63, 3.8) is 0 Å². The number of hydrogen-bond acceptors (Lipinski definition) is 2. The van der Waals surface area contributed by atoms with E-state index in [1.165, 1.54) is 51.4 Å². The lowest BCUT2D eigenvalue weighted by molar-refractivity contribution is -0.00307. The van der Waals surface area contributed by atoms with Crippen molar-refractivity contribution in [1.29, 1.82) is 0 Å². The quantitative estimate of drug-likeness (QED) is 0.810. The zero-order valence-electron chi connectivity index (χ0n) is 11.6. The Balaban J connectivity index is 1.70. The fourth-order valence-electron chi connectivity index (χ4n) is 3.39. The molecule has 1 saturated heterocycles. The minimum absolute atomic E-state index is 0.508. The highest BCUT2D eigenvalue weighted by atomic mass is 16.5. The Labute approximate surface area is 107 Å². The third kappa shape index (κ3) is 3.96. The molecule has 0 radical (unpaired) electrons. The van der Waals surface area contributed by atoms with Gasteiger partial charge in [-0.3, -0.25) is 0 Å². The largest absolute Gasteiger partial charge is 0.378 e. The first kappa shape index (κ1) is 13.4. The van der Waals surface area contributed by atoms with Crippen LogP contribution in [-0.4, -0.2) is 24.8 Å². The van der Waals surface area contributed by atoms with E-state index in [-0.39, 0.29) is 0 Å². The van der Waals surface area contributed by atoms with Gasteiger partial charge in [-0.25, -0.2) is 0 Å². The van der Waals surface area contributed by atoms with Crippen LogP contribution in [0.25, 0.3) is 0 Å². The van der Waals surface area contributed by atoms with Gasteiger partial charge in [-0.15, -0.1) is 0 Å². The molecule has 0 spiro atoms. The predicted octanol–water partition coefficient (Wildman–Crippen LogP) is 3.50. The number of ether oxygens (including phenoxy) is 1. The van der Waals surface area contributed by atoms with Crippen LogP contribution >= 0.6 is 0 Å². The normalized spacial score (nSPS) is 39.2. The van der Waals surface area contributed by atoms with E-state index in [0.29, 0.717) is 6.10 Å². The first-order valence-corrected chi connectivity index (χ1v) is 7.69. The maximum absolute atomic E-state index is 5.74. The number of rotatable bonds is 4. The van der Waals surface area contributed by atoms with E-state index in [9.17, 15) is 0 Å². The van der Waals surface area contributed by atoms with Crippen LogP contribution in [0.15, 0.2) is 0 Å². The van der Waals surface area contributed by atoms with Crippen molar-refractivity contribution in [1.82, 2.24) is 5.32 Å². The van der Waals surface area contributed by atoms with Gasteiger partial charge in [0.15, 0.2) is 0 Å². The molecule has 2 rings (SSSR count). The molecule has 0 aromatic rings. The van der Waals surface area contributed by atoms with Crippen LogP contribution in [0.2, 0.25) is 0 Å². The molecule has 2 nitrogen and oxygen atoms in total. The summed E-state index contributed by atoms with van der Waals surface area (Å²) in [6.45, 7) is 5.53. The fourth-order valence-corrected chi connectivity index (χ4v) is 3.39. The van der Waals surface area contributed by atoms with Crippen LogP contribution in [0, 0.1) is 5.92 Å². The molecule has 17 heavy (non-hydrogen) atoms. The summed E-state index contributed by atoms with van der Waals surface area (Å²) >= 11 is 0. The molecule has 0 amide bonds. The molecule has 2 atom stereocenters. The molecule has 1 saturated carbocycles. The van der Waals surface area contributed by atoms with Crippen LogP contribution in [0.1, 0.15) is 65.2 Å². The molecule has 0 bridgehead atoms. The Morgan fingerprint density at radius 3 is 2.35 bits per heavy atom. The van der Waals surface area contributed by atoms with Crippen LogP contribution in [0.5, 0.6) is 0 Å². The maximum atomic E-state index is 5.74. The van der Waals surface area contributed by atoms with E-state index in [2.05, 4.69) is 19.2 Å². The maximum Gasteiger partial charge on any atom is 0.0587 e. The molecule has 2 aliphatic rings. The van der Waals surface area contributed by atoms with E-state index < -0.39 is 0 Å². The van der Waals surface area contributed by atoms with Gasteiger partial charge in [0.05, 0.1) is 6.10 Å². The predicted molar refractivity (Wildman–Crippen MR) is 72.2 cm³/mol. The molecule has 1 aliphatic heterocycles. The van der Waals surface area contributed by atoms with Crippen LogP contribution in [-0.2, 0) is 4.74 Å². The van der Waals surface area contributed by atoms with Gasteiger partial charge < -0.3 is 10.1 Å². The van der Waals surface area contributed by atoms with Crippen LogP contribution in [0.4, 0.5) is 0 Å². The highest BCUT2D eigenvalue weighted by Crippen LogP contribution is 2.27. The lowest BCUT2D eigenvalue weighted by Gasteiger charge is -2.35. The third-order valence-corrected chi connectivity index (χ3v) is 4.72. The first-order chi connectivity index (χ1) is 8.31. The average Bonchev–Trinajstić information content (AvgIpc) is 2.40. The lowest BCUT2D eigenvalue weighted by atomic mass is 9.84. The number of hydrogen-bond donors (Lipinski definition) is 1. The summed E-state index contributed by atoms with van der Waals surface area (Å²) < 4.78 is 5.74. The SMILES string of the molecule is CCC1CCC(NC2CCOC(CC)C2)CC1. The summed E-state index contributed by atoms with van der Waals surface area (Å²) in [5.41, 5.74) is 0. The summed E-state index contributed by atoms with van der Waals surface area (Å²) in [7, 11) is 0. The average molecular weight is 239 g/mol. The van der Waals surface area contributed by atoms with E-state index in [1.807, 2.05) is 0 Å². The van der Waals surface area contributed by atoms with Crippen LogP contribution in [0.3, 0.4) is 0 Å². The van der Waals surface area contributed by atoms with Crippen molar-refractivity contribution >= 4 is 0 Å². The van der Waals surface area contributed by atoms with E-state index in [0.717, 1.165) is 24.6 Å². The summed E-state index contributed by atoms with van der Waals surface area (Å²) in [6.07, 6.45) is 11.2. The number of nitrogens with one attached hydrogen (secondary N) is 1. The summed E-state index contributed by atoms with van der Waals surface area (Å²) in [4.78, 5) is 0. The summed E-state index contributed by atoms with van der Waals surface area (Å²) in [5.74, 6) is 1.01. The van der Waals surface area contributed by atoms with Gasteiger partial charge in [-0.1, -0.05) is 20.3 Å². The molecule has 1 aliphatic carbocycles. The molecule has 0 aromatic carbocycles. The van der Waals surface area contributed by atoms with Crippen molar-refractivity contribution in [2.45, 2.75) is 83.4 Å². The Morgan fingerprint density at radius 1 is 0.941 bits per heavy atom. The zero-order valence-corrected chi connectivity index (χ0v) is 11.6. The Bertz CT molecular complexity index is 211. The van der Waals surface area contributed by atoms with Gasteiger partial charge >= 0.3 is 0 Å². The zero-order chi connectivity index (χ0) is 12.1. The van der Waals surface area contributed by atoms with E-state index in [4.69, 9.17) is 4.74 Å². The molecular formula is C15H29NO. The van der Waals surface area contributed by atoms with Gasteiger partial charge in [0.2, 0.25) is 0 Å². The second kappa shape index (κ2) is 6.75. The van der Waals surface area contributed by atoms with Gasteiger partial charge in [-0.05, 0) is 50.9 Å². The van der Waals surface area contributed by atoms with Crippen molar-refractivity contribution in [2.75, 3.05) is 6.61 Å². The molecule has 2 unspecified atom stereocenters. The first-order valence-electron chi connectivity index (χ1n) is 7.69.